The van der Waals surface area contributed by atoms with Gasteiger partial charge in [-0.15, -0.1) is 11.8 Å². The minimum Gasteiger partial charge on any atom is -0.339 e. The molecule has 1 fully saturated rings. The van der Waals surface area contributed by atoms with Gasteiger partial charge in [-0.3, -0.25) is 0 Å². The van der Waals surface area contributed by atoms with Crippen LogP contribution in [0, 0.1) is 0 Å². The number of aromatic nitrogens is 2. The minimum atomic E-state index is 0.252. The van der Waals surface area contributed by atoms with Gasteiger partial charge in [0.25, 0.3) is 0 Å². The summed E-state index contributed by atoms with van der Waals surface area (Å²) in [5, 5.41) is 7.75. The highest BCUT2D eigenvalue weighted by atomic mass is 32.2. The molecule has 3 unspecified atom stereocenters. The molecule has 6 heteroatoms. The van der Waals surface area contributed by atoms with Gasteiger partial charge in [-0.1, -0.05) is 12.1 Å². The monoisotopic (exact) mass is 273 g/mol. The lowest BCUT2D eigenvalue weighted by Gasteiger charge is -2.17. The van der Waals surface area contributed by atoms with Crippen molar-refractivity contribution < 1.29 is 4.52 Å². The fourth-order valence-electron chi connectivity index (χ4n) is 1.66. The van der Waals surface area contributed by atoms with E-state index in [4.69, 9.17) is 4.52 Å². The average Bonchev–Trinajstić information content (AvgIpc) is 2.87. The second-order valence-electron chi connectivity index (χ2n) is 4.29. The summed E-state index contributed by atoms with van der Waals surface area (Å²) >= 11 is 3.91. The Kier molecular flexibility index (Phi) is 4.76. The third-order valence-electron chi connectivity index (χ3n) is 3.16. The molecule has 2 heterocycles. The highest BCUT2D eigenvalue weighted by Crippen LogP contribution is 2.35. The molecule has 4 nitrogen and oxygen atoms in total. The van der Waals surface area contributed by atoms with E-state index in [1.165, 1.54) is 11.5 Å². The molecule has 1 aliphatic heterocycles. The summed E-state index contributed by atoms with van der Waals surface area (Å²) in [6.07, 6.45) is 0. The first kappa shape index (κ1) is 13.2. The van der Waals surface area contributed by atoms with Gasteiger partial charge in [0.2, 0.25) is 5.89 Å². The smallest absolute Gasteiger partial charge is 0.231 e. The molecule has 0 bridgehead atoms. The van der Waals surface area contributed by atoms with Gasteiger partial charge >= 0.3 is 0 Å². The van der Waals surface area contributed by atoms with Crippen molar-refractivity contribution in [1.29, 1.82) is 0 Å². The lowest BCUT2D eigenvalue weighted by Crippen LogP contribution is -2.27. The number of nitrogens with zero attached hydrogens (tertiary/aromatic N) is 2. The Morgan fingerprint density at radius 3 is 2.88 bits per heavy atom. The highest BCUT2D eigenvalue weighted by Gasteiger charge is 2.25. The summed E-state index contributed by atoms with van der Waals surface area (Å²) in [7, 11) is 1.95. The van der Waals surface area contributed by atoms with Crippen LogP contribution in [0.5, 0.6) is 0 Å². The van der Waals surface area contributed by atoms with E-state index < -0.39 is 0 Å². The van der Waals surface area contributed by atoms with Crippen LogP contribution in [-0.2, 0) is 0 Å². The van der Waals surface area contributed by atoms with Crippen molar-refractivity contribution in [2.45, 2.75) is 31.1 Å². The van der Waals surface area contributed by atoms with Gasteiger partial charge in [0.15, 0.2) is 5.82 Å². The Morgan fingerprint density at radius 2 is 2.24 bits per heavy atom. The summed E-state index contributed by atoms with van der Waals surface area (Å²) in [6, 6.07) is 0.344. The van der Waals surface area contributed by atoms with E-state index in [0.29, 0.717) is 11.3 Å². The molecule has 1 aliphatic rings. The summed E-state index contributed by atoms with van der Waals surface area (Å²) in [4.78, 5) is 4.55. The summed E-state index contributed by atoms with van der Waals surface area (Å²) in [5.41, 5.74) is 0. The Hall–Kier alpha value is -0.200. The van der Waals surface area contributed by atoms with Crippen molar-refractivity contribution in [3.8, 4) is 0 Å². The van der Waals surface area contributed by atoms with Crippen LogP contribution in [-0.4, -0.2) is 40.5 Å². The van der Waals surface area contributed by atoms with Crippen LogP contribution in [0.25, 0.3) is 0 Å². The van der Waals surface area contributed by atoms with Gasteiger partial charge < -0.3 is 9.84 Å². The molecule has 0 aliphatic carbocycles. The lowest BCUT2D eigenvalue weighted by molar-refractivity contribution is 0.333. The standard InChI is InChI=1S/C11H19N3OS2/c1-7(8(2)12-3)11-13-10(14-15-11)9-6-16-4-5-17-9/h7-9,12H,4-6H2,1-3H3. The first-order valence-corrected chi connectivity index (χ1v) is 8.13. The van der Waals surface area contributed by atoms with Crippen molar-refractivity contribution in [1.82, 2.24) is 15.5 Å². The van der Waals surface area contributed by atoms with E-state index in [9.17, 15) is 0 Å². The minimum absolute atomic E-state index is 0.252. The Morgan fingerprint density at radius 1 is 1.41 bits per heavy atom. The number of thioether (sulfide) groups is 2. The fourth-order valence-corrected chi connectivity index (χ4v) is 4.25. The predicted octanol–water partition coefficient (Wildman–Crippen LogP) is 2.30. The van der Waals surface area contributed by atoms with E-state index in [-0.39, 0.29) is 5.92 Å². The molecule has 0 spiro atoms. The third-order valence-corrected chi connectivity index (χ3v) is 5.91. The Labute approximate surface area is 111 Å². The molecule has 1 N–H and O–H groups in total. The van der Waals surface area contributed by atoms with E-state index in [0.717, 1.165) is 17.5 Å². The topological polar surface area (TPSA) is 51.0 Å². The quantitative estimate of drug-likeness (QED) is 0.908. The normalized spacial score (nSPS) is 24.5. The number of rotatable bonds is 4. The number of nitrogens with one attached hydrogen (secondary N) is 1. The fraction of sp³-hybridized carbons (Fsp3) is 0.818. The maximum absolute atomic E-state index is 5.38. The molecule has 96 valence electrons. The maximum Gasteiger partial charge on any atom is 0.231 e. The molecule has 1 aromatic rings. The van der Waals surface area contributed by atoms with Crippen molar-refractivity contribution in [3.05, 3.63) is 11.7 Å². The molecule has 1 saturated heterocycles. The molecule has 0 saturated carbocycles. The summed E-state index contributed by atoms with van der Waals surface area (Å²) < 4.78 is 5.38. The lowest BCUT2D eigenvalue weighted by atomic mass is 10.0. The van der Waals surface area contributed by atoms with Crippen LogP contribution in [0.2, 0.25) is 0 Å². The number of hydrogen-bond acceptors (Lipinski definition) is 6. The first-order chi connectivity index (χ1) is 8.22. The van der Waals surface area contributed by atoms with Crippen LogP contribution in [0.1, 0.15) is 36.7 Å². The van der Waals surface area contributed by atoms with Gasteiger partial charge in [0.05, 0.1) is 11.2 Å². The van der Waals surface area contributed by atoms with Gasteiger partial charge in [-0.25, -0.2) is 0 Å². The predicted molar refractivity (Wildman–Crippen MR) is 73.8 cm³/mol. The Bertz CT molecular complexity index is 336. The van der Waals surface area contributed by atoms with E-state index in [2.05, 4.69) is 29.3 Å². The molecule has 17 heavy (non-hydrogen) atoms. The molecular formula is C11H19N3OS2. The third kappa shape index (κ3) is 3.17. The SMILES string of the molecule is CNC(C)C(C)c1nc(C2CSCCS2)no1. The van der Waals surface area contributed by atoms with Crippen LogP contribution in [0.15, 0.2) is 4.52 Å². The molecule has 1 aromatic heterocycles. The van der Waals surface area contributed by atoms with Gasteiger partial charge in [0.1, 0.15) is 0 Å². The van der Waals surface area contributed by atoms with Crippen LogP contribution >= 0.6 is 23.5 Å². The van der Waals surface area contributed by atoms with Crippen molar-refractivity contribution in [2.75, 3.05) is 24.3 Å². The molecule has 0 amide bonds. The van der Waals surface area contributed by atoms with Crippen LogP contribution in [0.4, 0.5) is 0 Å². The van der Waals surface area contributed by atoms with E-state index in [1.54, 1.807) is 0 Å². The largest absolute Gasteiger partial charge is 0.339 e. The maximum atomic E-state index is 5.38. The van der Waals surface area contributed by atoms with Gasteiger partial charge in [-0.2, -0.15) is 16.7 Å². The molecule has 2 rings (SSSR count). The van der Waals surface area contributed by atoms with Crippen molar-refractivity contribution >= 4 is 23.5 Å². The summed E-state index contributed by atoms with van der Waals surface area (Å²) in [6.45, 7) is 4.24. The summed E-state index contributed by atoms with van der Waals surface area (Å²) in [5.74, 6) is 5.38. The second kappa shape index (κ2) is 6.11. The van der Waals surface area contributed by atoms with Crippen molar-refractivity contribution in [2.24, 2.45) is 0 Å². The molecular weight excluding hydrogens is 254 g/mol. The zero-order chi connectivity index (χ0) is 12.3. The van der Waals surface area contributed by atoms with E-state index >= 15 is 0 Å². The Balaban J connectivity index is 2.04. The second-order valence-corrected chi connectivity index (χ2v) is 6.75. The average molecular weight is 273 g/mol. The zero-order valence-corrected chi connectivity index (χ0v) is 12.1. The molecule has 3 atom stereocenters. The van der Waals surface area contributed by atoms with E-state index in [1.807, 2.05) is 30.6 Å². The van der Waals surface area contributed by atoms with Crippen LogP contribution in [0.3, 0.4) is 0 Å². The molecule has 0 aromatic carbocycles. The van der Waals surface area contributed by atoms with Crippen molar-refractivity contribution in [3.63, 3.8) is 0 Å². The van der Waals surface area contributed by atoms with Gasteiger partial charge in [0, 0.05) is 23.3 Å². The first-order valence-electron chi connectivity index (χ1n) is 5.92. The van der Waals surface area contributed by atoms with Gasteiger partial charge in [-0.05, 0) is 14.0 Å². The van der Waals surface area contributed by atoms with Crippen LogP contribution < -0.4 is 5.32 Å². The molecule has 0 radical (unpaired) electrons. The zero-order valence-electron chi connectivity index (χ0n) is 10.5. The highest BCUT2D eigenvalue weighted by molar-refractivity contribution is 8.06. The number of hydrogen-bond donors (Lipinski definition) is 1. The number of likely N-dealkylation sites (N-methyl/N-ethyl adjacent to an activating group) is 1.